The van der Waals surface area contributed by atoms with Crippen LogP contribution in [0.15, 0.2) is 0 Å². The maximum Gasteiger partial charge on any atom is 0.302 e. The molecule has 4 saturated carbocycles. The number of carbonyl (C=O) groups is 2. The van der Waals surface area contributed by atoms with Crippen molar-refractivity contribution in [1.82, 2.24) is 0 Å². The number of fused-ring (bicyclic) bond motifs is 3. The molecule has 2 unspecified atom stereocenters. The summed E-state index contributed by atoms with van der Waals surface area (Å²) in [6, 6.07) is 0. The lowest BCUT2D eigenvalue weighted by atomic mass is 9.39. The Kier molecular flexibility index (Phi) is 4.80. The van der Waals surface area contributed by atoms with Crippen LogP contribution >= 0.6 is 11.6 Å². The topological polar surface area (TPSA) is 72.8 Å². The second-order valence-corrected chi connectivity index (χ2v) is 12.0. The molecule has 30 heavy (non-hydrogen) atoms. The first-order chi connectivity index (χ1) is 14.1. The molecule has 0 heterocycles. The van der Waals surface area contributed by atoms with Crippen LogP contribution in [0.25, 0.3) is 0 Å². The minimum Gasteiger partial charge on any atom is -0.462 e. The number of hydrogen-bond acceptors (Lipinski definition) is 5. The molecule has 4 aliphatic rings. The largest absolute Gasteiger partial charge is 0.462 e. The van der Waals surface area contributed by atoms with Gasteiger partial charge in [0.1, 0.15) is 12.2 Å². The van der Waals surface area contributed by atoms with E-state index in [1.165, 1.54) is 13.8 Å². The first-order valence-corrected chi connectivity index (χ1v) is 11.8. The van der Waals surface area contributed by atoms with Gasteiger partial charge in [-0.2, -0.15) is 0 Å². The van der Waals surface area contributed by atoms with E-state index in [4.69, 9.17) is 21.1 Å². The molecule has 0 amide bonds. The highest BCUT2D eigenvalue weighted by Crippen LogP contribution is 2.74. The Hall–Kier alpha value is -0.810. The average Bonchev–Trinajstić information content (AvgIpc) is 2.80. The summed E-state index contributed by atoms with van der Waals surface area (Å²) >= 11 is 6.84. The van der Waals surface area contributed by atoms with Gasteiger partial charge < -0.3 is 14.6 Å². The van der Waals surface area contributed by atoms with Gasteiger partial charge in [0, 0.05) is 30.1 Å². The van der Waals surface area contributed by atoms with Crippen molar-refractivity contribution in [3.05, 3.63) is 0 Å². The lowest BCUT2D eigenvalue weighted by molar-refractivity contribution is -0.237. The van der Waals surface area contributed by atoms with Crippen LogP contribution in [-0.2, 0) is 19.1 Å². The molecular formula is C24H37ClO5. The Morgan fingerprint density at radius 1 is 1.03 bits per heavy atom. The minimum absolute atomic E-state index is 0.0454. The van der Waals surface area contributed by atoms with Crippen LogP contribution in [0.1, 0.15) is 81.4 Å². The van der Waals surface area contributed by atoms with Crippen LogP contribution in [0.2, 0.25) is 0 Å². The number of esters is 2. The van der Waals surface area contributed by atoms with E-state index in [2.05, 4.69) is 20.8 Å². The summed E-state index contributed by atoms with van der Waals surface area (Å²) in [5.74, 6) is -0.691. The summed E-state index contributed by atoms with van der Waals surface area (Å²) in [5, 5.41) is 10.8. The molecule has 4 rings (SSSR count). The van der Waals surface area contributed by atoms with Gasteiger partial charge in [-0.25, -0.2) is 0 Å². The zero-order valence-corrected chi connectivity index (χ0v) is 19.8. The monoisotopic (exact) mass is 441 g/mol. The van der Waals surface area contributed by atoms with Crippen molar-refractivity contribution in [2.45, 2.75) is 104 Å². The van der Waals surface area contributed by atoms with Gasteiger partial charge in [0.05, 0.1) is 12.9 Å². The molecule has 1 spiro atoms. The van der Waals surface area contributed by atoms with Crippen LogP contribution < -0.4 is 0 Å². The average molecular weight is 442 g/mol. The van der Waals surface area contributed by atoms with Gasteiger partial charge in [-0.3, -0.25) is 9.59 Å². The van der Waals surface area contributed by atoms with Gasteiger partial charge in [0.2, 0.25) is 0 Å². The molecule has 0 aromatic carbocycles. The summed E-state index contributed by atoms with van der Waals surface area (Å²) in [6.45, 7) is 11.4. The minimum atomic E-state index is -1.54. The van der Waals surface area contributed by atoms with E-state index in [1.807, 2.05) is 6.92 Å². The Labute approximate surface area is 186 Å². The molecule has 2 bridgehead atoms. The second-order valence-electron chi connectivity index (χ2n) is 11.5. The number of aliphatic hydroxyl groups is 1. The molecule has 0 radical (unpaired) electrons. The number of carbonyl (C=O) groups excluding carboxylic acids is 2. The van der Waals surface area contributed by atoms with Crippen LogP contribution in [0, 0.1) is 33.5 Å². The fourth-order valence-corrected chi connectivity index (χ4v) is 8.78. The van der Waals surface area contributed by atoms with Gasteiger partial charge in [-0.05, 0) is 55.8 Å². The molecule has 6 heteroatoms. The number of aliphatic hydroxyl groups excluding tert-OH is 1. The smallest absolute Gasteiger partial charge is 0.302 e. The molecule has 4 fully saturated rings. The highest BCUT2D eigenvalue weighted by Gasteiger charge is 2.74. The zero-order chi connectivity index (χ0) is 23.2. The highest BCUT2D eigenvalue weighted by molar-refractivity contribution is 6.22. The summed E-state index contributed by atoms with van der Waals surface area (Å²) in [6.07, 6.45) is 1.66. The molecule has 0 saturated heterocycles. The van der Waals surface area contributed by atoms with Crippen LogP contribution in [0.5, 0.6) is 0 Å². The first kappa shape index (κ1) is 21.1. The summed E-state index contributed by atoms with van der Waals surface area (Å²) < 4.78 is 20.9. The number of halogens is 1. The lowest BCUT2D eigenvalue weighted by Gasteiger charge is -2.66. The Bertz CT molecular complexity index is 803. The van der Waals surface area contributed by atoms with E-state index in [9.17, 15) is 16.1 Å². The van der Waals surface area contributed by atoms with Crippen molar-refractivity contribution < 1.29 is 25.5 Å². The fourth-order valence-electron chi connectivity index (χ4n) is 8.33. The fraction of sp³-hybridized carbons (Fsp3) is 0.917. The Morgan fingerprint density at radius 2 is 1.67 bits per heavy atom. The summed E-state index contributed by atoms with van der Waals surface area (Å²) in [4.78, 5) is 24.1. The molecule has 0 aromatic rings. The van der Waals surface area contributed by atoms with Crippen LogP contribution in [0.4, 0.5) is 0 Å². The van der Waals surface area contributed by atoms with Crippen molar-refractivity contribution in [2.24, 2.45) is 33.5 Å². The van der Waals surface area contributed by atoms with Gasteiger partial charge >= 0.3 is 11.9 Å². The molecular weight excluding hydrogens is 404 g/mol. The van der Waals surface area contributed by atoms with E-state index in [1.54, 1.807) is 0 Å². The Morgan fingerprint density at radius 3 is 2.27 bits per heavy atom. The van der Waals surface area contributed by atoms with Gasteiger partial charge in [0.15, 0.2) is 0 Å². The van der Waals surface area contributed by atoms with Crippen LogP contribution in [-0.4, -0.2) is 40.7 Å². The van der Waals surface area contributed by atoms with E-state index < -0.39 is 39.8 Å². The SMILES string of the molecule is [2H][C@@]1(OC(C)=O)CC2[C@]3(CCC4C(C)(C)CC[C@H](OC(C)=O)[C@]42C)C[C@@]1(C)[C@H](Cl)[C@H]3O. The van der Waals surface area contributed by atoms with E-state index in [-0.39, 0.29) is 29.3 Å². The molecule has 0 aromatic heterocycles. The molecule has 1 N–H and O–H groups in total. The third kappa shape index (κ3) is 2.83. The predicted molar refractivity (Wildman–Crippen MR) is 114 cm³/mol. The standard InChI is InChI=1S/C24H37ClO5/c1-13(26)29-17-8-9-21(3,4)15-7-10-24-12-22(5,19(25)20(24)28)18(30-14(2)27)11-16(24)23(15,17)6/h15-20,28H,7-12H2,1-6H3/t15?,16?,17-,18+,19+,20+,22+,23+,24-/m0/s1/i18D. The number of ether oxygens (including phenoxy) is 2. The molecule has 4 aliphatic carbocycles. The van der Waals surface area contributed by atoms with E-state index in [0.717, 1.165) is 25.7 Å². The predicted octanol–water partition coefficient (Wildman–Crippen LogP) is 4.47. The van der Waals surface area contributed by atoms with Crippen LogP contribution in [0.3, 0.4) is 0 Å². The van der Waals surface area contributed by atoms with Gasteiger partial charge in [-0.15, -0.1) is 11.6 Å². The summed E-state index contributed by atoms with van der Waals surface area (Å²) in [5.41, 5.74) is -1.71. The quantitative estimate of drug-likeness (QED) is 0.505. The van der Waals surface area contributed by atoms with Crippen molar-refractivity contribution >= 4 is 23.5 Å². The van der Waals surface area contributed by atoms with Crippen molar-refractivity contribution in [1.29, 1.82) is 0 Å². The maximum absolute atomic E-state index is 12.0. The second kappa shape index (κ2) is 6.84. The number of hydrogen-bond donors (Lipinski definition) is 1. The van der Waals surface area contributed by atoms with Crippen molar-refractivity contribution in [3.8, 4) is 0 Å². The van der Waals surface area contributed by atoms with Gasteiger partial charge in [0.25, 0.3) is 0 Å². The molecule has 9 atom stereocenters. The maximum atomic E-state index is 12.0. The van der Waals surface area contributed by atoms with Crippen molar-refractivity contribution in [3.63, 3.8) is 0 Å². The number of rotatable bonds is 2. The number of alkyl halides is 1. The molecule has 170 valence electrons. The van der Waals surface area contributed by atoms with E-state index in [0.29, 0.717) is 12.8 Å². The van der Waals surface area contributed by atoms with Crippen molar-refractivity contribution in [2.75, 3.05) is 0 Å². The lowest BCUT2D eigenvalue weighted by Crippen LogP contribution is -2.65. The normalized spacial score (nSPS) is 54.4. The third-order valence-corrected chi connectivity index (χ3v) is 10.3. The summed E-state index contributed by atoms with van der Waals surface area (Å²) in [7, 11) is 0. The first-order valence-electron chi connectivity index (χ1n) is 11.8. The van der Waals surface area contributed by atoms with Gasteiger partial charge in [-0.1, -0.05) is 27.7 Å². The molecule has 0 aliphatic heterocycles. The van der Waals surface area contributed by atoms with E-state index >= 15 is 0 Å². The zero-order valence-electron chi connectivity index (χ0n) is 20.1. The highest BCUT2D eigenvalue weighted by atomic mass is 35.5. The third-order valence-electron chi connectivity index (χ3n) is 9.55. The molecule has 5 nitrogen and oxygen atoms in total. The Balaban J connectivity index is 1.88.